The number of aryl methyl sites for hydroxylation is 1. The molecule has 2 rings (SSSR count). The van der Waals surface area contributed by atoms with Crippen LogP contribution in [0.5, 0.6) is 0 Å². The molecule has 0 unspecified atom stereocenters. The summed E-state index contributed by atoms with van der Waals surface area (Å²) < 4.78 is 18.6. The van der Waals surface area contributed by atoms with E-state index in [9.17, 15) is 9.18 Å². The SMILES string of the molecule is CC(C)N(CCNC(=O)CCc1ncc(-c2ccc(F)cc2)o1)C(C)C. The van der Waals surface area contributed by atoms with Crippen molar-refractivity contribution in [1.29, 1.82) is 0 Å². The Morgan fingerprint density at radius 3 is 2.46 bits per heavy atom. The Hall–Kier alpha value is -2.21. The van der Waals surface area contributed by atoms with E-state index in [4.69, 9.17) is 4.42 Å². The summed E-state index contributed by atoms with van der Waals surface area (Å²) in [5.74, 6) is 0.771. The van der Waals surface area contributed by atoms with Gasteiger partial charge in [0.1, 0.15) is 5.82 Å². The number of halogens is 1. The predicted molar refractivity (Wildman–Crippen MR) is 100 cm³/mol. The minimum atomic E-state index is -0.293. The number of hydrogen-bond acceptors (Lipinski definition) is 4. The first-order valence-electron chi connectivity index (χ1n) is 9.10. The molecule has 0 saturated carbocycles. The van der Waals surface area contributed by atoms with E-state index in [1.54, 1.807) is 18.3 Å². The van der Waals surface area contributed by atoms with Gasteiger partial charge in [-0.2, -0.15) is 0 Å². The van der Waals surface area contributed by atoms with Gasteiger partial charge in [0, 0.05) is 43.6 Å². The number of nitrogens with zero attached hydrogens (tertiary/aromatic N) is 2. The summed E-state index contributed by atoms with van der Waals surface area (Å²) in [7, 11) is 0. The first-order chi connectivity index (χ1) is 12.4. The highest BCUT2D eigenvalue weighted by molar-refractivity contribution is 5.76. The lowest BCUT2D eigenvalue weighted by Gasteiger charge is -2.30. The molecule has 0 spiro atoms. The molecule has 1 aromatic heterocycles. The molecule has 0 aliphatic carbocycles. The maximum absolute atomic E-state index is 13.0. The molecule has 0 saturated heterocycles. The normalized spacial score (nSPS) is 11.5. The first-order valence-corrected chi connectivity index (χ1v) is 9.10. The molecule has 1 amide bonds. The van der Waals surface area contributed by atoms with E-state index in [0.29, 0.717) is 43.1 Å². The number of amides is 1. The van der Waals surface area contributed by atoms with E-state index in [1.165, 1.54) is 12.1 Å². The summed E-state index contributed by atoms with van der Waals surface area (Å²) in [6.07, 6.45) is 2.36. The number of nitrogens with one attached hydrogen (secondary N) is 1. The number of carbonyl (C=O) groups excluding carboxylic acids is 1. The fourth-order valence-electron chi connectivity index (χ4n) is 2.92. The molecule has 142 valence electrons. The van der Waals surface area contributed by atoms with Crippen molar-refractivity contribution in [1.82, 2.24) is 15.2 Å². The van der Waals surface area contributed by atoms with Gasteiger partial charge in [-0.15, -0.1) is 0 Å². The lowest BCUT2D eigenvalue weighted by atomic mass is 10.2. The van der Waals surface area contributed by atoms with Crippen LogP contribution in [0.1, 0.15) is 40.0 Å². The molecule has 0 bridgehead atoms. The van der Waals surface area contributed by atoms with Crippen LogP contribution in [0.25, 0.3) is 11.3 Å². The second kappa shape index (κ2) is 9.48. The zero-order chi connectivity index (χ0) is 19.1. The number of hydrogen-bond donors (Lipinski definition) is 1. The van der Waals surface area contributed by atoms with Gasteiger partial charge < -0.3 is 9.73 Å². The Morgan fingerprint density at radius 2 is 1.85 bits per heavy atom. The van der Waals surface area contributed by atoms with Crippen LogP contribution in [0, 0.1) is 5.82 Å². The molecule has 1 aromatic carbocycles. The summed E-state index contributed by atoms with van der Waals surface area (Å²) in [5, 5.41) is 2.95. The quantitative estimate of drug-likeness (QED) is 0.741. The number of rotatable bonds is 9. The van der Waals surface area contributed by atoms with Crippen LogP contribution >= 0.6 is 0 Å². The number of aromatic nitrogens is 1. The molecular formula is C20H28FN3O2. The largest absolute Gasteiger partial charge is 0.441 e. The standard InChI is InChI=1S/C20H28FN3O2/c1-14(2)24(15(3)4)12-11-22-19(25)9-10-20-23-13-18(26-20)16-5-7-17(21)8-6-16/h5-8,13-15H,9-12H2,1-4H3,(H,22,25). The van der Waals surface area contributed by atoms with Crippen molar-refractivity contribution in [3.63, 3.8) is 0 Å². The highest BCUT2D eigenvalue weighted by Crippen LogP contribution is 2.21. The van der Waals surface area contributed by atoms with Gasteiger partial charge in [-0.3, -0.25) is 9.69 Å². The molecular weight excluding hydrogens is 333 g/mol. The molecule has 0 atom stereocenters. The molecule has 6 heteroatoms. The Bertz CT molecular complexity index is 687. The van der Waals surface area contributed by atoms with Crippen LogP contribution in [0.3, 0.4) is 0 Å². The van der Waals surface area contributed by atoms with E-state index in [-0.39, 0.29) is 11.7 Å². The van der Waals surface area contributed by atoms with E-state index in [1.807, 2.05) is 0 Å². The van der Waals surface area contributed by atoms with Crippen molar-refractivity contribution in [3.05, 3.63) is 42.2 Å². The predicted octanol–water partition coefficient (Wildman–Crippen LogP) is 3.65. The molecule has 0 radical (unpaired) electrons. The Labute approximate surface area is 154 Å². The van der Waals surface area contributed by atoms with Crippen LogP contribution in [-0.4, -0.2) is 41.0 Å². The molecule has 0 fully saturated rings. The van der Waals surface area contributed by atoms with E-state index >= 15 is 0 Å². The van der Waals surface area contributed by atoms with Crippen molar-refractivity contribution in [2.45, 2.75) is 52.6 Å². The number of benzene rings is 1. The molecule has 0 aliphatic rings. The van der Waals surface area contributed by atoms with Crippen LogP contribution < -0.4 is 5.32 Å². The van der Waals surface area contributed by atoms with Crippen molar-refractivity contribution in [2.24, 2.45) is 0 Å². The Balaban J connectivity index is 1.76. The van der Waals surface area contributed by atoms with Gasteiger partial charge in [0.15, 0.2) is 11.7 Å². The monoisotopic (exact) mass is 361 g/mol. The maximum Gasteiger partial charge on any atom is 0.220 e. The topological polar surface area (TPSA) is 58.4 Å². The van der Waals surface area contributed by atoms with Gasteiger partial charge in [0.05, 0.1) is 6.20 Å². The lowest BCUT2D eigenvalue weighted by molar-refractivity contribution is -0.121. The van der Waals surface area contributed by atoms with Crippen LogP contribution in [0.2, 0.25) is 0 Å². The van der Waals surface area contributed by atoms with Gasteiger partial charge in [-0.1, -0.05) is 0 Å². The van der Waals surface area contributed by atoms with Crippen molar-refractivity contribution in [2.75, 3.05) is 13.1 Å². The number of carbonyl (C=O) groups is 1. The third kappa shape index (κ3) is 5.95. The number of oxazole rings is 1. The highest BCUT2D eigenvalue weighted by atomic mass is 19.1. The van der Waals surface area contributed by atoms with Crippen LogP contribution in [-0.2, 0) is 11.2 Å². The molecule has 0 aliphatic heterocycles. The van der Waals surface area contributed by atoms with Crippen molar-refractivity contribution in [3.8, 4) is 11.3 Å². The zero-order valence-corrected chi connectivity index (χ0v) is 16.0. The smallest absolute Gasteiger partial charge is 0.220 e. The molecule has 1 heterocycles. The highest BCUT2D eigenvalue weighted by Gasteiger charge is 2.13. The average Bonchev–Trinajstić information content (AvgIpc) is 3.05. The summed E-state index contributed by atoms with van der Waals surface area (Å²) in [6.45, 7) is 10.1. The van der Waals surface area contributed by atoms with E-state index < -0.39 is 0 Å². The van der Waals surface area contributed by atoms with Crippen molar-refractivity contribution < 1.29 is 13.6 Å². The second-order valence-corrected chi connectivity index (χ2v) is 6.90. The summed E-state index contributed by atoms with van der Waals surface area (Å²) in [6, 6.07) is 6.93. The van der Waals surface area contributed by atoms with Gasteiger partial charge in [-0.05, 0) is 52.0 Å². The minimum absolute atomic E-state index is 0.0148. The van der Waals surface area contributed by atoms with E-state index in [2.05, 4.69) is 42.9 Å². The summed E-state index contributed by atoms with van der Waals surface area (Å²) in [4.78, 5) is 18.5. The van der Waals surface area contributed by atoms with Gasteiger partial charge >= 0.3 is 0 Å². The van der Waals surface area contributed by atoms with Crippen molar-refractivity contribution >= 4 is 5.91 Å². The summed E-state index contributed by atoms with van der Waals surface area (Å²) >= 11 is 0. The molecule has 26 heavy (non-hydrogen) atoms. The van der Waals surface area contributed by atoms with E-state index in [0.717, 1.165) is 12.1 Å². The van der Waals surface area contributed by atoms with Gasteiger partial charge in [-0.25, -0.2) is 9.37 Å². The third-order valence-corrected chi connectivity index (χ3v) is 4.27. The molecule has 1 N–H and O–H groups in total. The lowest BCUT2D eigenvalue weighted by Crippen LogP contribution is -2.42. The summed E-state index contributed by atoms with van der Waals surface area (Å²) in [5.41, 5.74) is 0.761. The third-order valence-electron chi connectivity index (χ3n) is 4.27. The van der Waals surface area contributed by atoms with Crippen LogP contribution in [0.4, 0.5) is 4.39 Å². The van der Waals surface area contributed by atoms with Gasteiger partial charge in [0.2, 0.25) is 5.91 Å². The van der Waals surface area contributed by atoms with Crippen LogP contribution in [0.15, 0.2) is 34.9 Å². The Kier molecular flexibility index (Phi) is 7.33. The maximum atomic E-state index is 13.0. The fourth-order valence-corrected chi connectivity index (χ4v) is 2.92. The zero-order valence-electron chi connectivity index (χ0n) is 16.0. The first kappa shape index (κ1) is 20.1. The average molecular weight is 361 g/mol. The Morgan fingerprint density at radius 1 is 1.19 bits per heavy atom. The molecule has 2 aromatic rings. The molecule has 5 nitrogen and oxygen atoms in total. The second-order valence-electron chi connectivity index (χ2n) is 6.90. The fraction of sp³-hybridized carbons (Fsp3) is 0.500. The minimum Gasteiger partial charge on any atom is -0.441 e. The van der Waals surface area contributed by atoms with Gasteiger partial charge in [0.25, 0.3) is 0 Å².